The van der Waals surface area contributed by atoms with Crippen LogP contribution in [0.25, 0.3) is 0 Å². The van der Waals surface area contributed by atoms with E-state index in [9.17, 15) is 10.5 Å². The van der Waals surface area contributed by atoms with E-state index >= 15 is 0 Å². The molecule has 0 rings (SSSR count). The smallest absolute Gasteiger partial charge is 0.196 e. The molecule has 2 unspecified atom stereocenters. The first kappa shape index (κ1) is 18.1. The van der Waals surface area contributed by atoms with Crippen LogP contribution in [0, 0.1) is 22.7 Å². The second-order valence-corrected chi connectivity index (χ2v) is 4.40. The number of nitrogens with zero attached hydrogens (tertiary/aromatic N) is 4. The lowest BCUT2D eigenvalue weighted by Gasteiger charge is -2.27. The number of nitriles is 2. The summed E-state index contributed by atoms with van der Waals surface area (Å²) >= 11 is 0. The lowest BCUT2D eigenvalue weighted by molar-refractivity contribution is 0.0623. The summed E-state index contributed by atoms with van der Waals surface area (Å²) in [5, 5.41) is 22.2. The second kappa shape index (κ2) is 11.0. The van der Waals surface area contributed by atoms with E-state index in [1.54, 1.807) is 18.2 Å². The third-order valence-electron chi connectivity index (χ3n) is 2.99. The van der Waals surface area contributed by atoms with Crippen LogP contribution in [0.4, 0.5) is 0 Å². The highest BCUT2D eigenvalue weighted by atomic mass is 15.6. The van der Waals surface area contributed by atoms with E-state index < -0.39 is 12.1 Å². The predicted molar refractivity (Wildman–Crippen MR) is 82.6 cm³/mol. The van der Waals surface area contributed by atoms with E-state index in [1.807, 2.05) is 10.0 Å². The van der Waals surface area contributed by atoms with E-state index in [4.69, 9.17) is 0 Å². The Bertz CT molecular complexity index is 388. The Morgan fingerprint density at radius 2 is 1.85 bits per heavy atom. The fourth-order valence-electron chi connectivity index (χ4n) is 1.94. The molecule has 0 saturated carbocycles. The largest absolute Gasteiger partial charge is 0.258 e. The Kier molecular flexibility index (Phi) is 9.96. The van der Waals surface area contributed by atoms with Gasteiger partial charge in [-0.1, -0.05) is 42.1 Å². The number of rotatable bonds is 11. The van der Waals surface area contributed by atoms with Crippen molar-refractivity contribution >= 4 is 0 Å². The Morgan fingerprint density at radius 1 is 1.15 bits per heavy atom. The van der Waals surface area contributed by atoms with Gasteiger partial charge in [0.25, 0.3) is 6.04 Å². The van der Waals surface area contributed by atoms with Gasteiger partial charge in [-0.2, -0.15) is 10.5 Å². The standard InChI is InChI=1S/C16H24N4/c1-5-9-10-12-20(16(8-4)14-18)19(11-6-2)15(7-3)13-17/h6-8,15-16H,2-5,9-12H2,1H3/q+1. The lowest BCUT2D eigenvalue weighted by Crippen LogP contribution is -2.56. The lowest BCUT2D eigenvalue weighted by atomic mass is 10.2. The molecular weight excluding hydrogens is 248 g/mol. The van der Waals surface area contributed by atoms with Gasteiger partial charge in [0.05, 0.1) is 12.6 Å². The summed E-state index contributed by atoms with van der Waals surface area (Å²) in [4.78, 5) is 0. The first-order valence-corrected chi connectivity index (χ1v) is 6.88. The van der Waals surface area contributed by atoms with Crippen molar-refractivity contribution in [1.82, 2.24) is 10.0 Å². The molecule has 0 bridgehead atoms. The molecule has 0 spiro atoms. The molecule has 4 nitrogen and oxygen atoms in total. The Hall–Kier alpha value is -1.88. The van der Waals surface area contributed by atoms with Gasteiger partial charge in [-0.05, 0) is 12.5 Å². The zero-order valence-corrected chi connectivity index (χ0v) is 12.3. The highest BCUT2D eigenvalue weighted by Gasteiger charge is 2.36. The minimum Gasteiger partial charge on any atom is -0.196 e. The van der Waals surface area contributed by atoms with Crippen LogP contribution in [0.5, 0.6) is 0 Å². The van der Waals surface area contributed by atoms with Crippen LogP contribution in [0.3, 0.4) is 0 Å². The molecular formula is C16H24N4+. The minimum atomic E-state index is -0.481. The van der Waals surface area contributed by atoms with Crippen molar-refractivity contribution in [3.05, 3.63) is 38.0 Å². The molecule has 0 fully saturated rings. The molecule has 0 aliphatic carbocycles. The van der Waals surface area contributed by atoms with Crippen LogP contribution in [0.15, 0.2) is 38.0 Å². The van der Waals surface area contributed by atoms with Gasteiger partial charge in [0.1, 0.15) is 12.6 Å². The monoisotopic (exact) mass is 272 g/mol. The van der Waals surface area contributed by atoms with Crippen molar-refractivity contribution in [3.63, 3.8) is 0 Å². The highest BCUT2D eigenvalue weighted by molar-refractivity contribution is 5.10. The summed E-state index contributed by atoms with van der Waals surface area (Å²) in [5.74, 6) is 0. The topological polar surface area (TPSA) is 56.7 Å². The highest BCUT2D eigenvalue weighted by Crippen LogP contribution is 2.10. The van der Waals surface area contributed by atoms with Gasteiger partial charge >= 0.3 is 0 Å². The molecule has 1 radical (unpaired) electrons. The molecule has 0 aromatic heterocycles. The van der Waals surface area contributed by atoms with Gasteiger partial charge in [-0.25, -0.2) is 0 Å². The van der Waals surface area contributed by atoms with E-state index in [0.717, 1.165) is 19.3 Å². The number of hydrogen-bond donors (Lipinski definition) is 0. The van der Waals surface area contributed by atoms with Crippen molar-refractivity contribution in [2.75, 3.05) is 13.1 Å². The normalized spacial score (nSPS) is 13.2. The maximum Gasteiger partial charge on any atom is 0.258 e. The molecule has 0 saturated heterocycles. The third-order valence-corrected chi connectivity index (χ3v) is 2.99. The van der Waals surface area contributed by atoms with Crippen LogP contribution in [-0.4, -0.2) is 30.2 Å². The van der Waals surface area contributed by atoms with Gasteiger partial charge in [-0.3, -0.25) is 0 Å². The first-order valence-electron chi connectivity index (χ1n) is 6.88. The average Bonchev–Trinajstić information content (AvgIpc) is 2.47. The number of hydrogen-bond acceptors (Lipinski definition) is 4. The van der Waals surface area contributed by atoms with Crippen molar-refractivity contribution in [1.29, 1.82) is 10.5 Å². The second-order valence-electron chi connectivity index (χ2n) is 4.40. The maximum absolute atomic E-state index is 9.27. The molecule has 2 atom stereocenters. The quantitative estimate of drug-likeness (QED) is 0.251. The summed E-state index contributed by atoms with van der Waals surface area (Å²) in [6, 6.07) is 3.46. The first-order chi connectivity index (χ1) is 9.69. The van der Waals surface area contributed by atoms with Crippen LogP contribution in [0.2, 0.25) is 0 Å². The summed E-state index contributed by atoms with van der Waals surface area (Å²) < 4.78 is 0. The molecule has 20 heavy (non-hydrogen) atoms. The van der Waals surface area contributed by atoms with E-state index in [0.29, 0.717) is 13.1 Å². The summed E-state index contributed by atoms with van der Waals surface area (Å²) in [7, 11) is 0. The predicted octanol–water partition coefficient (Wildman–Crippen LogP) is 2.88. The number of unbranched alkanes of at least 4 members (excludes halogenated alkanes) is 2. The molecule has 107 valence electrons. The molecule has 0 amide bonds. The van der Waals surface area contributed by atoms with Gasteiger partial charge in [-0.15, -0.1) is 13.2 Å². The molecule has 0 N–H and O–H groups in total. The Morgan fingerprint density at radius 3 is 2.25 bits per heavy atom. The van der Waals surface area contributed by atoms with Crippen LogP contribution in [0.1, 0.15) is 26.2 Å². The van der Waals surface area contributed by atoms with Crippen molar-refractivity contribution in [2.24, 2.45) is 0 Å². The molecule has 0 aliphatic rings. The Balaban J connectivity index is 5.23. The average molecular weight is 272 g/mol. The summed E-state index contributed by atoms with van der Waals surface area (Å²) in [5.41, 5.74) is 0. The van der Waals surface area contributed by atoms with Gasteiger partial charge in [0.2, 0.25) is 0 Å². The fraction of sp³-hybridized carbons (Fsp3) is 0.500. The fourth-order valence-corrected chi connectivity index (χ4v) is 1.94. The van der Waals surface area contributed by atoms with Gasteiger partial charge < -0.3 is 0 Å². The summed E-state index contributed by atoms with van der Waals surface area (Å²) in [6.45, 7) is 14.4. The number of hydrazine groups is 1. The van der Waals surface area contributed by atoms with Crippen molar-refractivity contribution in [2.45, 2.75) is 38.3 Å². The zero-order valence-electron chi connectivity index (χ0n) is 12.3. The molecule has 0 aromatic rings. The summed E-state index contributed by atoms with van der Waals surface area (Å²) in [6.07, 6.45) is 8.04. The third kappa shape index (κ3) is 5.40. The van der Waals surface area contributed by atoms with Crippen LogP contribution in [-0.2, 0) is 0 Å². The molecule has 0 heterocycles. The maximum atomic E-state index is 9.27. The van der Waals surface area contributed by atoms with E-state index in [2.05, 4.69) is 38.8 Å². The zero-order chi connectivity index (χ0) is 15.4. The van der Waals surface area contributed by atoms with Crippen molar-refractivity contribution in [3.8, 4) is 12.1 Å². The van der Waals surface area contributed by atoms with E-state index in [1.165, 1.54) is 0 Å². The van der Waals surface area contributed by atoms with Crippen LogP contribution < -0.4 is 5.01 Å². The van der Waals surface area contributed by atoms with E-state index in [-0.39, 0.29) is 0 Å². The van der Waals surface area contributed by atoms with Crippen molar-refractivity contribution < 1.29 is 0 Å². The Labute approximate surface area is 122 Å². The minimum absolute atomic E-state index is 0.456. The SMILES string of the molecule is C=CCN(C(C#N)C=C)[N+](CCCCC)C(C#N)C=C. The van der Waals surface area contributed by atoms with Gasteiger partial charge in [0.15, 0.2) is 6.04 Å². The molecule has 4 heteroatoms. The van der Waals surface area contributed by atoms with Gasteiger partial charge in [0, 0.05) is 6.42 Å². The van der Waals surface area contributed by atoms with Crippen LogP contribution >= 0.6 is 0 Å². The molecule has 0 aliphatic heterocycles. The molecule has 0 aromatic carbocycles.